The molecule has 9 nitrogen and oxygen atoms in total. The quantitative estimate of drug-likeness (QED) is 0.416. The minimum Gasteiger partial charge on any atom is -0.387 e. The van der Waals surface area contributed by atoms with Crippen molar-refractivity contribution < 1.29 is 36.3 Å². The lowest BCUT2D eigenvalue weighted by atomic mass is 9.80. The van der Waals surface area contributed by atoms with E-state index in [0.29, 0.717) is 30.7 Å². The van der Waals surface area contributed by atoms with E-state index in [4.69, 9.17) is 4.99 Å². The standard InChI is InChI=1S/C32H43F3N4O5S/c1-22-20-26(29(40)38-15-11-31(42,21-33)12-16-38)8-7-24(22)10-19-45(43,44)39-17-13-32(14-18-39)30(41)36-28(37-32)25-5-2-23(3-6-25)4-9-27(34)35/h7-9,20,23,25,42H,2-6,10-19,21H2,1H3,(H,36,37,41)/t23-,25-. The summed E-state index contributed by atoms with van der Waals surface area (Å²) in [4.78, 5) is 32.4. The lowest BCUT2D eigenvalue weighted by Gasteiger charge is -2.36. The number of allylic oxidation sites excluding steroid dienone is 1. The number of carbonyl (C=O) groups excluding carboxylic acids is 2. The predicted molar refractivity (Wildman–Crippen MR) is 164 cm³/mol. The molecule has 2 N–H and O–H groups in total. The van der Waals surface area contributed by atoms with E-state index >= 15 is 0 Å². The summed E-state index contributed by atoms with van der Waals surface area (Å²) in [7, 11) is -3.61. The van der Waals surface area contributed by atoms with Gasteiger partial charge in [0.05, 0.1) is 11.4 Å². The van der Waals surface area contributed by atoms with Gasteiger partial charge < -0.3 is 15.3 Å². The Hall–Kier alpha value is -2.77. The highest BCUT2D eigenvalue weighted by Gasteiger charge is 2.48. The number of amides is 2. The first-order valence-electron chi connectivity index (χ1n) is 15.9. The first-order chi connectivity index (χ1) is 21.3. The number of likely N-dealkylation sites (tertiary alicyclic amines) is 1. The number of aliphatic imine (C=N–C) groups is 1. The fraction of sp³-hybridized carbons (Fsp3) is 0.656. The Labute approximate surface area is 263 Å². The smallest absolute Gasteiger partial charge is 0.266 e. The fourth-order valence-corrected chi connectivity index (χ4v) is 8.53. The number of benzene rings is 1. The number of aryl methyl sites for hydroxylation is 2. The largest absolute Gasteiger partial charge is 0.387 e. The Morgan fingerprint density at radius 2 is 1.76 bits per heavy atom. The Morgan fingerprint density at radius 1 is 1.09 bits per heavy atom. The number of halogens is 3. The van der Waals surface area contributed by atoms with Gasteiger partial charge in [-0.25, -0.2) is 17.1 Å². The molecular formula is C32H43F3N4O5S. The Morgan fingerprint density at radius 3 is 2.36 bits per heavy atom. The minimum atomic E-state index is -3.61. The van der Waals surface area contributed by atoms with Crippen LogP contribution < -0.4 is 5.32 Å². The van der Waals surface area contributed by atoms with E-state index in [1.807, 2.05) is 6.92 Å². The number of amidine groups is 1. The van der Waals surface area contributed by atoms with Crippen molar-refractivity contribution >= 4 is 27.7 Å². The highest BCUT2D eigenvalue weighted by atomic mass is 32.2. The maximum atomic E-state index is 13.3. The molecule has 2 saturated heterocycles. The molecule has 0 aromatic heterocycles. The van der Waals surface area contributed by atoms with E-state index in [9.17, 15) is 36.3 Å². The van der Waals surface area contributed by atoms with Crippen molar-refractivity contribution in [3.8, 4) is 0 Å². The van der Waals surface area contributed by atoms with Crippen LogP contribution >= 0.6 is 0 Å². The van der Waals surface area contributed by atoms with E-state index in [-0.39, 0.29) is 74.8 Å². The lowest BCUT2D eigenvalue weighted by molar-refractivity contribution is -0.125. The molecule has 2 amide bonds. The van der Waals surface area contributed by atoms with E-state index in [0.717, 1.165) is 42.9 Å². The molecule has 0 unspecified atom stereocenters. The third-order valence-corrected chi connectivity index (χ3v) is 12.1. The van der Waals surface area contributed by atoms with Gasteiger partial charge in [-0.15, -0.1) is 0 Å². The van der Waals surface area contributed by atoms with Crippen LogP contribution in [0.25, 0.3) is 0 Å². The molecule has 4 aliphatic rings. The summed E-state index contributed by atoms with van der Waals surface area (Å²) in [5, 5.41) is 13.1. The van der Waals surface area contributed by atoms with Crippen LogP contribution in [0.1, 0.15) is 79.3 Å². The van der Waals surface area contributed by atoms with Crippen LogP contribution in [0.5, 0.6) is 0 Å². The summed E-state index contributed by atoms with van der Waals surface area (Å²) < 4.78 is 65.9. The van der Waals surface area contributed by atoms with Crippen molar-refractivity contribution in [3.63, 3.8) is 0 Å². The van der Waals surface area contributed by atoms with Crippen molar-refractivity contribution in [1.82, 2.24) is 14.5 Å². The van der Waals surface area contributed by atoms with Gasteiger partial charge in [-0.3, -0.25) is 14.6 Å². The van der Waals surface area contributed by atoms with Gasteiger partial charge >= 0.3 is 0 Å². The molecule has 248 valence electrons. The summed E-state index contributed by atoms with van der Waals surface area (Å²) >= 11 is 0. The SMILES string of the molecule is Cc1cc(C(=O)N2CCC(O)(CF)CC2)ccc1CCS(=O)(=O)N1CCC2(CC1)N=C([C@H]1CC[C@H](CC=C(F)F)CC1)NC2=O. The number of hydrogen-bond acceptors (Lipinski definition) is 6. The third-order valence-electron chi connectivity index (χ3n) is 10.2. The normalized spacial score (nSPS) is 25.1. The predicted octanol–water partition coefficient (Wildman–Crippen LogP) is 4.14. The van der Waals surface area contributed by atoms with E-state index in [1.165, 1.54) is 4.31 Å². The second-order valence-electron chi connectivity index (χ2n) is 13.2. The van der Waals surface area contributed by atoms with Crippen LogP contribution in [0.4, 0.5) is 13.2 Å². The highest BCUT2D eigenvalue weighted by molar-refractivity contribution is 7.89. The van der Waals surface area contributed by atoms with Crippen LogP contribution in [0.15, 0.2) is 35.3 Å². The second-order valence-corrected chi connectivity index (χ2v) is 15.3. The minimum absolute atomic E-state index is 0.0803. The van der Waals surface area contributed by atoms with Gasteiger partial charge in [0, 0.05) is 37.7 Å². The molecule has 1 saturated carbocycles. The number of alkyl halides is 1. The van der Waals surface area contributed by atoms with Crippen molar-refractivity contribution in [2.24, 2.45) is 16.8 Å². The number of nitrogens with one attached hydrogen (secondary N) is 1. The summed E-state index contributed by atoms with van der Waals surface area (Å²) in [5.41, 5.74) is -0.235. The molecule has 13 heteroatoms. The average Bonchev–Trinajstić information content (AvgIpc) is 3.34. The molecule has 3 fully saturated rings. The zero-order chi connectivity index (χ0) is 32.4. The Balaban J connectivity index is 1.12. The first-order valence-corrected chi connectivity index (χ1v) is 17.5. The number of piperidine rings is 2. The number of carbonyl (C=O) groups is 2. The van der Waals surface area contributed by atoms with Crippen LogP contribution in [-0.4, -0.2) is 90.1 Å². The molecule has 0 bridgehead atoms. The molecule has 0 atom stereocenters. The number of aliphatic hydroxyl groups is 1. The third kappa shape index (κ3) is 7.62. The molecular weight excluding hydrogens is 609 g/mol. The van der Waals surface area contributed by atoms with Crippen LogP contribution in [0.3, 0.4) is 0 Å². The van der Waals surface area contributed by atoms with E-state index in [2.05, 4.69) is 5.32 Å². The second kappa shape index (κ2) is 13.5. The van der Waals surface area contributed by atoms with Gasteiger partial charge in [0.1, 0.15) is 18.0 Å². The lowest BCUT2D eigenvalue weighted by Crippen LogP contribution is -2.51. The van der Waals surface area contributed by atoms with E-state index in [1.54, 1.807) is 23.1 Å². The van der Waals surface area contributed by atoms with Gasteiger partial charge in [-0.1, -0.05) is 6.07 Å². The van der Waals surface area contributed by atoms with Gasteiger partial charge in [0.25, 0.3) is 17.9 Å². The van der Waals surface area contributed by atoms with Crippen LogP contribution in [0.2, 0.25) is 0 Å². The molecule has 0 radical (unpaired) electrons. The molecule has 5 rings (SSSR count). The molecule has 45 heavy (non-hydrogen) atoms. The van der Waals surface area contributed by atoms with Gasteiger partial charge in [-0.05, 0) is 106 Å². The van der Waals surface area contributed by atoms with Gasteiger partial charge in [-0.2, -0.15) is 8.78 Å². The topological polar surface area (TPSA) is 119 Å². The molecule has 1 aliphatic carbocycles. The monoisotopic (exact) mass is 652 g/mol. The molecule has 3 heterocycles. The average molecular weight is 653 g/mol. The van der Waals surface area contributed by atoms with E-state index < -0.39 is 33.9 Å². The highest BCUT2D eigenvalue weighted by Crippen LogP contribution is 2.37. The number of sulfonamides is 1. The van der Waals surface area contributed by atoms with Crippen LogP contribution in [-0.2, 0) is 21.2 Å². The van der Waals surface area contributed by atoms with Crippen molar-refractivity contribution in [3.05, 3.63) is 47.0 Å². The van der Waals surface area contributed by atoms with Gasteiger partial charge in [0.15, 0.2) is 0 Å². The van der Waals surface area contributed by atoms with Crippen molar-refractivity contribution in [2.45, 2.75) is 82.3 Å². The van der Waals surface area contributed by atoms with Crippen LogP contribution in [0, 0.1) is 18.8 Å². The zero-order valence-electron chi connectivity index (χ0n) is 25.7. The maximum Gasteiger partial charge on any atom is 0.266 e. The summed E-state index contributed by atoms with van der Waals surface area (Å²) in [6, 6.07) is 5.19. The number of hydrogen-bond donors (Lipinski definition) is 2. The van der Waals surface area contributed by atoms with Gasteiger partial charge in [0.2, 0.25) is 10.0 Å². The number of rotatable bonds is 9. The maximum absolute atomic E-state index is 13.3. The summed E-state index contributed by atoms with van der Waals surface area (Å²) in [5.74, 6) is 0.454. The zero-order valence-corrected chi connectivity index (χ0v) is 26.6. The summed E-state index contributed by atoms with van der Waals surface area (Å²) in [6.45, 7) is 1.94. The molecule has 1 spiro atoms. The first kappa shape index (κ1) is 33.6. The molecule has 3 aliphatic heterocycles. The number of nitrogens with zero attached hydrogens (tertiary/aromatic N) is 3. The Bertz CT molecular complexity index is 1440. The Kier molecular flexibility index (Phi) is 10.1. The summed E-state index contributed by atoms with van der Waals surface area (Å²) in [6.07, 6.45) is 4.09. The fourth-order valence-electron chi connectivity index (χ4n) is 7.06. The molecule has 1 aromatic carbocycles. The van der Waals surface area contributed by atoms with Crippen molar-refractivity contribution in [1.29, 1.82) is 0 Å². The molecule has 1 aromatic rings. The van der Waals surface area contributed by atoms with Crippen molar-refractivity contribution in [2.75, 3.05) is 38.6 Å².